The third-order valence-electron chi connectivity index (χ3n) is 4.01. The smallest absolute Gasteiger partial charge is 0.306 e. The van der Waals surface area contributed by atoms with Gasteiger partial charge >= 0.3 is 5.97 Å². The number of carbonyl (C=O) groups is 1. The van der Waals surface area contributed by atoms with Crippen molar-refractivity contribution in [1.29, 1.82) is 0 Å². The number of rotatable bonds is 6. The minimum absolute atomic E-state index is 0.0139. The molecule has 0 N–H and O–H groups in total. The molecule has 1 aromatic carbocycles. The van der Waals surface area contributed by atoms with Crippen LogP contribution in [-0.4, -0.2) is 27.2 Å². The van der Waals surface area contributed by atoms with Crippen LogP contribution in [0, 0.1) is 18.3 Å². The van der Waals surface area contributed by atoms with Gasteiger partial charge in [0, 0.05) is 0 Å². The fourth-order valence-corrected chi connectivity index (χ4v) is 3.87. The molecule has 118 valence electrons. The molecule has 1 atom stereocenters. The summed E-state index contributed by atoms with van der Waals surface area (Å²) in [6.07, 6.45) is 0.202. The molecule has 4 nitrogen and oxygen atoms in total. The van der Waals surface area contributed by atoms with E-state index in [1.54, 1.807) is 24.3 Å². The van der Waals surface area contributed by atoms with Crippen molar-refractivity contribution in [3.05, 3.63) is 29.8 Å². The predicted octanol–water partition coefficient (Wildman–Crippen LogP) is 2.99. The Labute approximate surface area is 127 Å². The van der Waals surface area contributed by atoms with Crippen molar-refractivity contribution in [1.82, 2.24) is 0 Å². The molecular formula is C16H24O4S. The Morgan fingerprint density at radius 2 is 1.76 bits per heavy atom. The summed E-state index contributed by atoms with van der Waals surface area (Å²) >= 11 is 0. The van der Waals surface area contributed by atoms with Gasteiger partial charge in [0.15, 0.2) is 9.84 Å². The zero-order valence-corrected chi connectivity index (χ0v) is 14.2. The van der Waals surface area contributed by atoms with E-state index in [-0.39, 0.29) is 24.1 Å². The fraction of sp³-hybridized carbons (Fsp3) is 0.562. The number of esters is 1. The number of benzene rings is 1. The van der Waals surface area contributed by atoms with Crippen LogP contribution in [-0.2, 0) is 19.4 Å². The maximum atomic E-state index is 12.4. The minimum atomic E-state index is -3.35. The molecule has 0 aliphatic carbocycles. The average molecular weight is 312 g/mol. The largest absolute Gasteiger partial charge is 0.469 e. The molecule has 0 saturated heterocycles. The molecule has 0 fully saturated rings. The summed E-state index contributed by atoms with van der Waals surface area (Å²) in [6, 6.07) is 6.84. The van der Waals surface area contributed by atoms with Gasteiger partial charge in [-0.05, 0) is 30.4 Å². The second-order valence-electron chi connectivity index (χ2n) is 6.24. The average Bonchev–Trinajstić information content (AvgIpc) is 2.38. The lowest BCUT2D eigenvalue weighted by Crippen LogP contribution is -2.31. The summed E-state index contributed by atoms with van der Waals surface area (Å²) in [5.74, 6) is -0.470. The molecule has 1 aromatic rings. The van der Waals surface area contributed by atoms with Crippen molar-refractivity contribution in [2.75, 3.05) is 12.9 Å². The highest BCUT2D eigenvalue weighted by Crippen LogP contribution is 2.33. The lowest BCUT2D eigenvalue weighted by atomic mass is 9.78. The molecule has 0 amide bonds. The Balaban J connectivity index is 2.88. The van der Waals surface area contributed by atoms with Gasteiger partial charge in [-0.3, -0.25) is 4.79 Å². The molecule has 5 heteroatoms. The number of aryl methyl sites for hydroxylation is 1. The standard InChI is InChI=1S/C16H24O4S/c1-12-6-8-14(9-7-12)21(18,19)11-13(2)16(3,4)10-15(17)20-5/h6-9,13H,10-11H2,1-5H3. The van der Waals surface area contributed by atoms with Gasteiger partial charge in [0.25, 0.3) is 0 Å². The Morgan fingerprint density at radius 3 is 2.24 bits per heavy atom. The zero-order chi connectivity index (χ0) is 16.3. The minimum Gasteiger partial charge on any atom is -0.469 e. The summed E-state index contributed by atoms with van der Waals surface area (Å²) in [7, 11) is -2.01. The van der Waals surface area contributed by atoms with Crippen molar-refractivity contribution in [2.24, 2.45) is 11.3 Å². The second kappa shape index (κ2) is 6.60. The SMILES string of the molecule is COC(=O)CC(C)(C)C(C)CS(=O)(=O)c1ccc(C)cc1. The Morgan fingerprint density at radius 1 is 1.24 bits per heavy atom. The highest BCUT2D eigenvalue weighted by Gasteiger charge is 2.33. The Bertz CT molecular complexity index is 585. The van der Waals surface area contributed by atoms with Crippen LogP contribution in [0.25, 0.3) is 0 Å². The van der Waals surface area contributed by atoms with E-state index >= 15 is 0 Å². The lowest BCUT2D eigenvalue weighted by Gasteiger charge is -2.30. The van der Waals surface area contributed by atoms with E-state index in [1.165, 1.54) is 7.11 Å². The van der Waals surface area contributed by atoms with Crippen LogP contribution in [0.5, 0.6) is 0 Å². The number of sulfone groups is 1. The molecule has 21 heavy (non-hydrogen) atoms. The molecule has 1 rings (SSSR count). The Kier molecular flexibility index (Phi) is 5.56. The van der Waals surface area contributed by atoms with E-state index < -0.39 is 15.3 Å². The van der Waals surface area contributed by atoms with Crippen molar-refractivity contribution >= 4 is 15.8 Å². The molecule has 0 spiro atoms. The maximum Gasteiger partial charge on any atom is 0.306 e. The van der Waals surface area contributed by atoms with Crippen molar-refractivity contribution < 1.29 is 17.9 Å². The van der Waals surface area contributed by atoms with Crippen LogP contribution >= 0.6 is 0 Å². The fourth-order valence-electron chi connectivity index (χ4n) is 2.01. The monoisotopic (exact) mass is 312 g/mol. The third-order valence-corrected chi connectivity index (χ3v) is 5.94. The molecule has 1 unspecified atom stereocenters. The van der Waals surface area contributed by atoms with E-state index in [2.05, 4.69) is 4.74 Å². The van der Waals surface area contributed by atoms with Crippen molar-refractivity contribution in [2.45, 2.75) is 39.0 Å². The highest BCUT2D eigenvalue weighted by molar-refractivity contribution is 7.91. The van der Waals surface area contributed by atoms with E-state index in [0.717, 1.165) is 5.56 Å². The lowest BCUT2D eigenvalue weighted by molar-refractivity contribution is -0.143. The first-order valence-electron chi connectivity index (χ1n) is 6.95. The molecule has 0 saturated carbocycles. The summed E-state index contributed by atoms with van der Waals surface area (Å²) < 4.78 is 29.6. The van der Waals surface area contributed by atoms with Gasteiger partial charge < -0.3 is 4.74 Å². The van der Waals surface area contributed by atoms with Crippen LogP contribution in [0.15, 0.2) is 29.2 Å². The van der Waals surface area contributed by atoms with E-state index in [4.69, 9.17) is 0 Å². The van der Waals surface area contributed by atoms with Crippen molar-refractivity contribution in [3.63, 3.8) is 0 Å². The van der Waals surface area contributed by atoms with Crippen LogP contribution in [0.2, 0.25) is 0 Å². The normalized spacial score (nSPS) is 13.8. The molecule has 0 radical (unpaired) electrons. The summed E-state index contributed by atoms with van der Waals surface area (Å²) in [4.78, 5) is 11.8. The quantitative estimate of drug-likeness (QED) is 0.758. The number of carbonyl (C=O) groups excluding carboxylic acids is 1. The van der Waals surface area contributed by atoms with Crippen LogP contribution in [0.1, 0.15) is 32.8 Å². The van der Waals surface area contributed by atoms with Crippen LogP contribution < -0.4 is 0 Å². The van der Waals surface area contributed by atoms with Gasteiger partial charge in [0.1, 0.15) is 0 Å². The predicted molar refractivity (Wildman–Crippen MR) is 82.8 cm³/mol. The number of ether oxygens (including phenoxy) is 1. The molecular weight excluding hydrogens is 288 g/mol. The van der Waals surface area contributed by atoms with Gasteiger partial charge in [-0.2, -0.15) is 0 Å². The summed E-state index contributed by atoms with van der Waals surface area (Å²) in [5, 5.41) is 0. The summed E-state index contributed by atoms with van der Waals surface area (Å²) in [6.45, 7) is 7.55. The van der Waals surface area contributed by atoms with Crippen LogP contribution in [0.4, 0.5) is 0 Å². The van der Waals surface area contributed by atoms with Crippen LogP contribution in [0.3, 0.4) is 0 Å². The van der Waals surface area contributed by atoms with Gasteiger partial charge in [0.2, 0.25) is 0 Å². The number of methoxy groups -OCH3 is 1. The first kappa shape index (κ1) is 17.7. The molecule has 0 aliphatic rings. The first-order chi connectivity index (χ1) is 9.58. The zero-order valence-electron chi connectivity index (χ0n) is 13.3. The van der Waals surface area contributed by atoms with E-state index in [1.807, 2.05) is 27.7 Å². The topological polar surface area (TPSA) is 60.4 Å². The first-order valence-corrected chi connectivity index (χ1v) is 8.60. The molecule has 0 heterocycles. The third kappa shape index (κ3) is 4.84. The van der Waals surface area contributed by atoms with Crippen molar-refractivity contribution in [3.8, 4) is 0 Å². The van der Waals surface area contributed by atoms with Gasteiger partial charge in [-0.1, -0.05) is 38.5 Å². The van der Waals surface area contributed by atoms with Gasteiger partial charge in [0.05, 0.1) is 24.2 Å². The summed E-state index contributed by atoms with van der Waals surface area (Å²) in [5.41, 5.74) is 0.582. The second-order valence-corrected chi connectivity index (χ2v) is 8.27. The molecule has 0 bridgehead atoms. The molecule has 0 aromatic heterocycles. The number of hydrogen-bond donors (Lipinski definition) is 0. The Hall–Kier alpha value is -1.36. The van der Waals surface area contributed by atoms with E-state index in [9.17, 15) is 13.2 Å². The van der Waals surface area contributed by atoms with E-state index in [0.29, 0.717) is 4.90 Å². The number of hydrogen-bond acceptors (Lipinski definition) is 4. The highest BCUT2D eigenvalue weighted by atomic mass is 32.2. The maximum absolute atomic E-state index is 12.4. The van der Waals surface area contributed by atoms with Gasteiger partial charge in [-0.15, -0.1) is 0 Å². The van der Waals surface area contributed by atoms with Gasteiger partial charge in [-0.25, -0.2) is 8.42 Å². The molecule has 0 aliphatic heterocycles.